The molecule has 1 aromatic carbocycles. The van der Waals surface area contributed by atoms with E-state index in [9.17, 15) is 14.0 Å². The van der Waals surface area contributed by atoms with Crippen LogP contribution in [-0.2, 0) is 16.1 Å². The number of benzene rings is 1. The van der Waals surface area contributed by atoms with Gasteiger partial charge in [0.05, 0.1) is 12.8 Å². The zero-order chi connectivity index (χ0) is 15.2. The van der Waals surface area contributed by atoms with Crippen molar-refractivity contribution in [2.75, 3.05) is 20.3 Å². The van der Waals surface area contributed by atoms with E-state index < -0.39 is 5.76 Å². The Kier molecular flexibility index (Phi) is 4.89. The van der Waals surface area contributed by atoms with Crippen LogP contribution in [0.1, 0.15) is 0 Å². The number of methoxy groups -OCH3 is 1. The Morgan fingerprint density at radius 2 is 2.10 bits per heavy atom. The van der Waals surface area contributed by atoms with Gasteiger partial charge in [0.15, 0.2) is 5.76 Å². The van der Waals surface area contributed by atoms with Crippen LogP contribution >= 0.6 is 0 Å². The van der Waals surface area contributed by atoms with E-state index >= 15 is 0 Å². The fourth-order valence-electron chi connectivity index (χ4n) is 1.73. The van der Waals surface area contributed by atoms with Gasteiger partial charge in [-0.05, 0) is 24.3 Å². The zero-order valence-electron chi connectivity index (χ0n) is 11.5. The van der Waals surface area contributed by atoms with Gasteiger partial charge in [0, 0.05) is 19.2 Å². The van der Waals surface area contributed by atoms with Crippen molar-refractivity contribution in [3.8, 4) is 11.3 Å². The summed E-state index contributed by atoms with van der Waals surface area (Å²) in [4.78, 5) is 23.3. The smallest absolute Gasteiger partial charge is 0.408 e. The SMILES string of the molecule is COCCNC(=O)Cn1cc(-c2ccc(F)cc2)oc1=O. The predicted molar refractivity (Wildman–Crippen MR) is 73.2 cm³/mol. The molecule has 0 aliphatic rings. The monoisotopic (exact) mass is 294 g/mol. The number of aromatic nitrogens is 1. The van der Waals surface area contributed by atoms with Gasteiger partial charge in [0.2, 0.25) is 5.91 Å². The highest BCUT2D eigenvalue weighted by molar-refractivity contribution is 5.75. The third-order valence-electron chi connectivity index (χ3n) is 2.78. The summed E-state index contributed by atoms with van der Waals surface area (Å²) in [6.07, 6.45) is 1.42. The topological polar surface area (TPSA) is 73.5 Å². The van der Waals surface area contributed by atoms with Crippen molar-refractivity contribution in [2.24, 2.45) is 0 Å². The zero-order valence-corrected chi connectivity index (χ0v) is 11.5. The third-order valence-corrected chi connectivity index (χ3v) is 2.78. The number of carbonyl (C=O) groups is 1. The lowest BCUT2D eigenvalue weighted by atomic mass is 10.2. The molecule has 7 heteroatoms. The number of hydrogen-bond donors (Lipinski definition) is 1. The third kappa shape index (κ3) is 4.03. The van der Waals surface area contributed by atoms with E-state index in [2.05, 4.69) is 5.32 Å². The highest BCUT2D eigenvalue weighted by Crippen LogP contribution is 2.17. The van der Waals surface area contributed by atoms with Crippen LogP contribution in [0, 0.1) is 5.82 Å². The maximum atomic E-state index is 12.8. The number of nitrogens with one attached hydrogen (secondary N) is 1. The Morgan fingerprint density at radius 3 is 2.76 bits per heavy atom. The summed E-state index contributed by atoms with van der Waals surface area (Å²) in [6.45, 7) is 0.618. The Labute approximate surface area is 120 Å². The fourth-order valence-corrected chi connectivity index (χ4v) is 1.73. The molecule has 0 aliphatic heterocycles. The number of carbonyl (C=O) groups excluding carboxylic acids is 1. The molecule has 1 amide bonds. The number of hydrogen-bond acceptors (Lipinski definition) is 4. The first-order valence-electron chi connectivity index (χ1n) is 6.32. The van der Waals surface area contributed by atoms with Gasteiger partial charge in [0.1, 0.15) is 12.4 Å². The Balaban J connectivity index is 2.07. The summed E-state index contributed by atoms with van der Waals surface area (Å²) in [6, 6.07) is 5.53. The molecular formula is C14H15FN2O4. The van der Waals surface area contributed by atoms with Crippen molar-refractivity contribution in [1.82, 2.24) is 9.88 Å². The lowest BCUT2D eigenvalue weighted by Crippen LogP contribution is -2.32. The van der Waals surface area contributed by atoms with Gasteiger partial charge < -0.3 is 14.5 Å². The largest absolute Gasteiger partial charge is 0.419 e. The molecule has 0 bridgehead atoms. The maximum absolute atomic E-state index is 12.8. The molecule has 0 saturated carbocycles. The van der Waals surface area contributed by atoms with Crippen molar-refractivity contribution in [1.29, 1.82) is 0 Å². The van der Waals surface area contributed by atoms with Gasteiger partial charge in [-0.1, -0.05) is 0 Å². The molecule has 0 fully saturated rings. The highest BCUT2D eigenvalue weighted by Gasteiger charge is 2.11. The van der Waals surface area contributed by atoms with Crippen LogP contribution < -0.4 is 11.1 Å². The second-order valence-corrected chi connectivity index (χ2v) is 4.34. The van der Waals surface area contributed by atoms with Gasteiger partial charge >= 0.3 is 5.76 Å². The first-order chi connectivity index (χ1) is 10.1. The van der Waals surface area contributed by atoms with Gasteiger partial charge in [-0.25, -0.2) is 9.18 Å². The fraction of sp³-hybridized carbons (Fsp3) is 0.286. The molecule has 2 aromatic rings. The van der Waals surface area contributed by atoms with Crippen molar-refractivity contribution < 1.29 is 18.3 Å². The number of nitrogens with zero attached hydrogens (tertiary/aromatic N) is 1. The molecule has 0 spiro atoms. The molecule has 0 unspecified atom stereocenters. The van der Waals surface area contributed by atoms with Crippen LogP contribution in [0.25, 0.3) is 11.3 Å². The Hall–Kier alpha value is -2.41. The van der Waals surface area contributed by atoms with Crippen LogP contribution in [0.5, 0.6) is 0 Å². The number of rotatable bonds is 6. The van der Waals surface area contributed by atoms with E-state index in [1.165, 1.54) is 37.6 Å². The summed E-state index contributed by atoms with van der Waals surface area (Å²) in [5.74, 6) is -1.06. The van der Waals surface area contributed by atoms with Crippen molar-refractivity contribution >= 4 is 5.91 Å². The lowest BCUT2D eigenvalue weighted by Gasteiger charge is -2.03. The standard InChI is InChI=1S/C14H15FN2O4/c1-20-7-6-16-13(18)9-17-8-12(21-14(17)19)10-2-4-11(15)5-3-10/h2-5,8H,6-7,9H2,1H3,(H,16,18). The summed E-state index contributed by atoms with van der Waals surface area (Å²) in [5, 5.41) is 2.60. The van der Waals surface area contributed by atoms with Crippen molar-refractivity contribution in [3.05, 3.63) is 46.8 Å². The highest BCUT2D eigenvalue weighted by atomic mass is 19.1. The van der Waals surface area contributed by atoms with Crippen LogP contribution in [0.15, 0.2) is 39.7 Å². The van der Waals surface area contributed by atoms with E-state index in [4.69, 9.17) is 9.15 Å². The summed E-state index contributed by atoms with van der Waals surface area (Å²) >= 11 is 0. The van der Waals surface area contributed by atoms with Crippen LogP contribution in [0.4, 0.5) is 4.39 Å². The predicted octanol–water partition coefficient (Wildman–Crippen LogP) is 1.01. The number of oxazole rings is 1. The first kappa shape index (κ1) is 15.0. The molecule has 0 saturated heterocycles. The average molecular weight is 294 g/mol. The summed E-state index contributed by atoms with van der Waals surface area (Å²) in [5.41, 5.74) is 0.562. The Bertz CT molecular complexity index is 660. The molecule has 6 nitrogen and oxygen atoms in total. The molecule has 1 heterocycles. The van der Waals surface area contributed by atoms with Gasteiger partial charge in [-0.2, -0.15) is 0 Å². The minimum atomic E-state index is -0.642. The first-order valence-corrected chi connectivity index (χ1v) is 6.32. The van der Waals surface area contributed by atoms with Crippen LogP contribution in [-0.4, -0.2) is 30.7 Å². The molecule has 0 aliphatic carbocycles. The van der Waals surface area contributed by atoms with E-state index in [0.29, 0.717) is 18.7 Å². The van der Waals surface area contributed by atoms with E-state index in [0.717, 1.165) is 4.57 Å². The molecule has 0 radical (unpaired) electrons. The quantitative estimate of drug-likeness (QED) is 0.807. The minimum absolute atomic E-state index is 0.146. The van der Waals surface area contributed by atoms with Crippen LogP contribution in [0.2, 0.25) is 0 Å². The molecule has 21 heavy (non-hydrogen) atoms. The van der Waals surface area contributed by atoms with E-state index in [1.54, 1.807) is 0 Å². The van der Waals surface area contributed by atoms with Gasteiger partial charge in [-0.15, -0.1) is 0 Å². The minimum Gasteiger partial charge on any atom is -0.408 e. The molecule has 1 N–H and O–H groups in total. The Morgan fingerprint density at radius 1 is 1.38 bits per heavy atom. The molecule has 2 rings (SSSR count). The second kappa shape index (κ2) is 6.85. The second-order valence-electron chi connectivity index (χ2n) is 4.34. The average Bonchev–Trinajstić information content (AvgIpc) is 2.81. The molecule has 0 atom stereocenters. The van der Waals surface area contributed by atoms with E-state index in [1.807, 2.05) is 0 Å². The number of amides is 1. The van der Waals surface area contributed by atoms with E-state index in [-0.39, 0.29) is 24.0 Å². The summed E-state index contributed by atoms with van der Waals surface area (Å²) in [7, 11) is 1.53. The van der Waals surface area contributed by atoms with Gasteiger partial charge in [0.25, 0.3) is 0 Å². The lowest BCUT2D eigenvalue weighted by molar-refractivity contribution is -0.121. The van der Waals surface area contributed by atoms with Crippen LogP contribution in [0.3, 0.4) is 0 Å². The number of halogens is 1. The summed E-state index contributed by atoms with van der Waals surface area (Å²) < 4.78 is 23.9. The van der Waals surface area contributed by atoms with Crippen molar-refractivity contribution in [3.63, 3.8) is 0 Å². The van der Waals surface area contributed by atoms with Crippen molar-refractivity contribution in [2.45, 2.75) is 6.54 Å². The molecule has 112 valence electrons. The molecular weight excluding hydrogens is 279 g/mol. The maximum Gasteiger partial charge on any atom is 0.419 e. The number of ether oxygens (including phenoxy) is 1. The normalized spacial score (nSPS) is 10.6. The molecule has 1 aromatic heterocycles. The van der Waals surface area contributed by atoms with Gasteiger partial charge in [-0.3, -0.25) is 9.36 Å².